The number of carbonyl (C=O) groups is 1. The van der Waals surface area contributed by atoms with Crippen LogP contribution in [0.2, 0.25) is 4.47 Å². The SMILES string of the molecule is O=C(NC1CCCC1)c1ccc(NCc2cnc(Cl)s2)cc1. The van der Waals surface area contributed by atoms with E-state index in [0.717, 1.165) is 23.4 Å². The highest BCUT2D eigenvalue weighted by atomic mass is 35.5. The average Bonchev–Trinajstić information content (AvgIpc) is 3.17. The number of anilines is 1. The predicted octanol–water partition coefficient (Wildman–Crippen LogP) is 4.08. The van der Waals surface area contributed by atoms with E-state index in [1.54, 1.807) is 6.20 Å². The van der Waals surface area contributed by atoms with E-state index in [4.69, 9.17) is 11.6 Å². The van der Waals surface area contributed by atoms with Crippen LogP contribution in [0.25, 0.3) is 0 Å². The van der Waals surface area contributed by atoms with Crippen LogP contribution in [-0.4, -0.2) is 16.9 Å². The second-order valence-corrected chi connectivity index (χ2v) is 7.16. The van der Waals surface area contributed by atoms with E-state index >= 15 is 0 Å². The summed E-state index contributed by atoms with van der Waals surface area (Å²) in [6, 6.07) is 7.90. The van der Waals surface area contributed by atoms with E-state index in [-0.39, 0.29) is 5.91 Å². The number of nitrogens with one attached hydrogen (secondary N) is 2. The minimum atomic E-state index is 0.0210. The van der Waals surface area contributed by atoms with Gasteiger partial charge in [0.05, 0.1) is 6.54 Å². The summed E-state index contributed by atoms with van der Waals surface area (Å²) in [7, 11) is 0. The summed E-state index contributed by atoms with van der Waals surface area (Å²) in [5, 5.41) is 6.39. The highest BCUT2D eigenvalue weighted by Crippen LogP contribution is 2.20. The maximum Gasteiger partial charge on any atom is 0.251 e. The molecule has 2 N–H and O–H groups in total. The van der Waals surface area contributed by atoms with E-state index in [2.05, 4.69) is 15.6 Å². The van der Waals surface area contributed by atoms with E-state index < -0.39 is 0 Å². The first-order chi connectivity index (χ1) is 10.7. The van der Waals surface area contributed by atoms with Gasteiger partial charge in [-0.25, -0.2) is 4.98 Å². The smallest absolute Gasteiger partial charge is 0.251 e. The van der Waals surface area contributed by atoms with Crippen LogP contribution in [0.1, 0.15) is 40.9 Å². The number of amides is 1. The van der Waals surface area contributed by atoms with Crippen LogP contribution in [0.4, 0.5) is 5.69 Å². The maximum absolute atomic E-state index is 12.1. The van der Waals surface area contributed by atoms with Crippen molar-refractivity contribution in [3.63, 3.8) is 0 Å². The van der Waals surface area contributed by atoms with Crippen molar-refractivity contribution in [2.75, 3.05) is 5.32 Å². The van der Waals surface area contributed by atoms with Gasteiger partial charge in [-0.2, -0.15) is 0 Å². The fourth-order valence-corrected chi connectivity index (χ4v) is 3.55. The van der Waals surface area contributed by atoms with Gasteiger partial charge in [-0.3, -0.25) is 4.79 Å². The molecular weight excluding hydrogens is 318 g/mol. The zero-order valence-corrected chi connectivity index (χ0v) is 13.7. The number of halogens is 1. The number of rotatable bonds is 5. The van der Waals surface area contributed by atoms with Crippen LogP contribution in [0.3, 0.4) is 0 Å². The lowest BCUT2D eigenvalue weighted by Gasteiger charge is -2.12. The Morgan fingerprint density at radius 1 is 1.27 bits per heavy atom. The molecule has 116 valence electrons. The van der Waals surface area contributed by atoms with Crippen LogP contribution in [-0.2, 0) is 6.54 Å². The van der Waals surface area contributed by atoms with E-state index in [1.165, 1.54) is 24.2 Å². The van der Waals surface area contributed by atoms with Gasteiger partial charge in [0.2, 0.25) is 0 Å². The molecule has 1 saturated carbocycles. The van der Waals surface area contributed by atoms with Gasteiger partial charge >= 0.3 is 0 Å². The van der Waals surface area contributed by atoms with Gasteiger partial charge in [0.25, 0.3) is 5.91 Å². The number of benzene rings is 1. The van der Waals surface area contributed by atoms with Gasteiger partial charge in [-0.05, 0) is 37.1 Å². The summed E-state index contributed by atoms with van der Waals surface area (Å²) in [5.41, 5.74) is 1.68. The lowest BCUT2D eigenvalue weighted by molar-refractivity contribution is 0.0938. The molecule has 1 aliphatic carbocycles. The molecule has 1 fully saturated rings. The predicted molar refractivity (Wildman–Crippen MR) is 90.6 cm³/mol. The molecule has 0 bridgehead atoms. The lowest BCUT2D eigenvalue weighted by Crippen LogP contribution is -2.32. The Morgan fingerprint density at radius 2 is 2.00 bits per heavy atom. The number of thiazole rings is 1. The van der Waals surface area contributed by atoms with Crippen LogP contribution in [0.15, 0.2) is 30.5 Å². The fraction of sp³-hybridized carbons (Fsp3) is 0.375. The molecule has 0 aliphatic heterocycles. The second kappa shape index (κ2) is 7.11. The molecule has 22 heavy (non-hydrogen) atoms. The normalized spacial score (nSPS) is 15.0. The summed E-state index contributed by atoms with van der Waals surface area (Å²) in [4.78, 5) is 17.2. The number of hydrogen-bond acceptors (Lipinski definition) is 4. The molecule has 1 aliphatic rings. The minimum absolute atomic E-state index is 0.0210. The number of carbonyl (C=O) groups excluding carboxylic acids is 1. The quantitative estimate of drug-likeness (QED) is 0.865. The Kier molecular flexibility index (Phi) is 4.95. The van der Waals surface area contributed by atoms with Crippen LogP contribution in [0, 0.1) is 0 Å². The molecule has 6 heteroatoms. The Bertz CT molecular complexity index is 635. The van der Waals surface area contributed by atoms with Crippen molar-refractivity contribution in [3.05, 3.63) is 45.4 Å². The molecule has 1 amide bonds. The van der Waals surface area contributed by atoms with Gasteiger partial charge in [0, 0.05) is 28.4 Å². The molecule has 1 heterocycles. The van der Waals surface area contributed by atoms with Crippen molar-refractivity contribution in [1.82, 2.24) is 10.3 Å². The van der Waals surface area contributed by atoms with Crippen molar-refractivity contribution < 1.29 is 4.79 Å². The molecule has 0 spiro atoms. The first kappa shape index (κ1) is 15.3. The molecule has 2 aromatic rings. The number of nitrogens with zero attached hydrogens (tertiary/aromatic N) is 1. The lowest BCUT2D eigenvalue weighted by atomic mass is 10.1. The zero-order valence-electron chi connectivity index (χ0n) is 12.1. The molecule has 0 unspecified atom stereocenters. The topological polar surface area (TPSA) is 54.0 Å². The molecule has 1 aromatic heterocycles. The van der Waals surface area contributed by atoms with Crippen LogP contribution >= 0.6 is 22.9 Å². The Balaban J connectivity index is 1.54. The van der Waals surface area contributed by atoms with Crippen LogP contribution < -0.4 is 10.6 Å². The Morgan fingerprint density at radius 3 is 2.64 bits per heavy atom. The van der Waals surface area contributed by atoms with Crippen molar-refractivity contribution in [2.24, 2.45) is 0 Å². The zero-order chi connectivity index (χ0) is 15.4. The third-order valence-corrected chi connectivity index (χ3v) is 4.94. The molecule has 4 nitrogen and oxygen atoms in total. The van der Waals surface area contributed by atoms with E-state index in [0.29, 0.717) is 22.6 Å². The molecule has 3 rings (SSSR count). The van der Waals surface area contributed by atoms with Gasteiger partial charge in [0.15, 0.2) is 4.47 Å². The standard InChI is InChI=1S/C16H18ClN3OS/c17-16-19-10-14(22-16)9-18-12-7-5-11(6-8-12)15(21)20-13-3-1-2-4-13/h5-8,10,13,18H,1-4,9H2,(H,20,21). The molecule has 0 atom stereocenters. The number of aromatic nitrogens is 1. The second-order valence-electron chi connectivity index (χ2n) is 5.47. The monoisotopic (exact) mass is 335 g/mol. The largest absolute Gasteiger partial charge is 0.380 e. The van der Waals surface area contributed by atoms with Gasteiger partial charge in [0.1, 0.15) is 0 Å². The van der Waals surface area contributed by atoms with Gasteiger partial charge < -0.3 is 10.6 Å². The summed E-state index contributed by atoms with van der Waals surface area (Å²) in [6.45, 7) is 0.679. The third-order valence-electron chi connectivity index (χ3n) is 3.83. The highest BCUT2D eigenvalue weighted by molar-refractivity contribution is 7.15. The Labute approximate surface area is 138 Å². The maximum atomic E-state index is 12.1. The van der Waals surface area contributed by atoms with Crippen molar-refractivity contribution >= 4 is 34.5 Å². The average molecular weight is 336 g/mol. The number of hydrogen-bond donors (Lipinski definition) is 2. The first-order valence-corrected chi connectivity index (χ1v) is 8.65. The van der Waals surface area contributed by atoms with Crippen molar-refractivity contribution in [1.29, 1.82) is 0 Å². The Hall–Kier alpha value is -1.59. The minimum Gasteiger partial charge on any atom is -0.380 e. The van der Waals surface area contributed by atoms with E-state index in [9.17, 15) is 4.79 Å². The highest BCUT2D eigenvalue weighted by Gasteiger charge is 2.17. The molecule has 1 aromatic carbocycles. The van der Waals surface area contributed by atoms with Crippen molar-refractivity contribution in [2.45, 2.75) is 38.3 Å². The summed E-state index contributed by atoms with van der Waals surface area (Å²) >= 11 is 7.26. The summed E-state index contributed by atoms with van der Waals surface area (Å²) in [6.07, 6.45) is 6.40. The van der Waals surface area contributed by atoms with Gasteiger partial charge in [-0.15, -0.1) is 11.3 Å². The van der Waals surface area contributed by atoms with Crippen LogP contribution in [0.5, 0.6) is 0 Å². The summed E-state index contributed by atoms with van der Waals surface area (Å²) < 4.78 is 0.552. The van der Waals surface area contributed by atoms with Crippen molar-refractivity contribution in [3.8, 4) is 0 Å². The first-order valence-electron chi connectivity index (χ1n) is 7.46. The molecule has 0 radical (unpaired) electrons. The van der Waals surface area contributed by atoms with E-state index in [1.807, 2.05) is 24.3 Å². The molecular formula is C16H18ClN3OS. The third kappa shape index (κ3) is 3.99. The summed E-state index contributed by atoms with van der Waals surface area (Å²) in [5.74, 6) is 0.0210. The fourth-order valence-electron chi connectivity index (χ4n) is 2.63. The van der Waals surface area contributed by atoms with Gasteiger partial charge in [-0.1, -0.05) is 24.4 Å². The molecule has 0 saturated heterocycles.